The molecule has 0 fully saturated rings. The van der Waals surface area contributed by atoms with Crippen molar-refractivity contribution in [3.05, 3.63) is 64.7 Å². The lowest BCUT2D eigenvalue weighted by atomic mass is 10.1. The minimum absolute atomic E-state index is 0.0269. The van der Waals surface area contributed by atoms with Gasteiger partial charge in [-0.2, -0.15) is 0 Å². The maximum atomic E-state index is 12.2. The Hall–Kier alpha value is -2.53. The van der Waals surface area contributed by atoms with E-state index in [2.05, 4.69) is 10.6 Å². The number of benzene rings is 2. The first kappa shape index (κ1) is 20.8. The van der Waals surface area contributed by atoms with Crippen LogP contribution in [0.4, 0.5) is 0 Å². The molecular formula is C21H25ClN2O3. The third kappa shape index (κ3) is 7.31. The number of nitrogens with one attached hydrogen (secondary N) is 2. The largest absolute Gasteiger partial charge is 0.493 e. The molecule has 0 unspecified atom stereocenters. The van der Waals surface area contributed by atoms with Gasteiger partial charge in [-0.15, -0.1) is 0 Å². The first-order valence-corrected chi connectivity index (χ1v) is 9.49. The van der Waals surface area contributed by atoms with Crippen LogP contribution >= 0.6 is 11.6 Å². The van der Waals surface area contributed by atoms with Crippen LogP contribution in [0.25, 0.3) is 0 Å². The zero-order valence-corrected chi connectivity index (χ0v) is 16.2. The van der Waals surface area contributed by atoms with Gasteiger partial charge in [-0.3, -0.25) is 9.59 Å². The van der Waals surface area contributed by atoms with E-state index in [4.69, 9.17) is 16.3 Å². The van der Waals surface area contributed by atoms with Crippen molar-refractivity contribution in [2.24, 2.45) is 0 Å². The molecule has 144 valence electrons. The van der Waals surface area contributed by atoms with Crippen molar-refractivity contribution in [1.82, 2.24) is 10.6 Å². The Kier molecular flexibility index (Phi) is 8.65. The molecule has 0 radical (unpaired) electrons. The lowest BCUT2D eigenvalue weighted by Crippen LogP contribution is -2.28. The van der Waals surface area contributed by atoms with Crippen molar-refractivity contribution < 1.29 is 14.3 Å². The molecule has 2 aromatic carbocycles. The molecule has 0 bridgehead atoms. The van der Waals surface area contributed by atoms with Crippen molar-refractivity contribution in [3.63, 3.8) is 0 Å². The van der Waals surface area contributed by atoms with Crippen LogP contribution in [0, 0.1) is 0 Å². The normalized spacial score (nSPS) is 10.3. The summed E-state index contributed by atoms with van der Waals surface area (Å²) in [7, 11) is 0. The first-order chi connectivity index (χ1) is 13.1. The SMILES string of the molecule is CCOc1ccccc1C(=O)NCCCC(=O)NCCc1cccc(Cl)c1. The molecule has 0 heterocycles. The molecule has 0 saturated heterocycles. The number of carbonyl (C=O) groups is 2. The topological polar surface area (TPSA) is 67.4 Å². The smallest absolute Gasteiger partial charge is 0.255 e. The number of rotatable bonds is 10. The van der Waals surface area contributed by atoms with Gasteiger partial charge in [-0.25, -0.2) is 0 Å². The zero-order chi connectivity index (χ0) is 19.5. The van der Waals surface area contributed by atoms with E-state index in [1.54, 1.807) is 18.2 Å². The molecule has 2 aromatic rings. The average molecular weight is 389 g/mol. The van der Waals surface area contributed by atoms with E-state index in [-0.39, 0.29) is 11.8 Å². The second-order valence-corrected chi connectivity index (χ2v) is 6.45. The van der Waals surface area contributed by atoms with Gasteiger partial charge in [0.05, 0.1) is 12.2 Å². The van der Waals surface area contributed by atoms with Crippen LogP contribution < -0.4 is 15.4 Å². The fraction of sp³-hybridized carbons (Fsp3) is 0.333. The number of ether oxygens (including phenoxy) is 1. The van der Waals surface area contributed by atoms with Crippen LogP contribution in [0.2, 0.25) is 5.02 Å². The third-order valence-electron chi connectivity index (χ3n) is 3.92. The summed E-state index contributed by atoms with van der Waals surface area (Å²) < 4.78 is 5.46. The lowest BCUT2D eigenvalue weighted by molar-refractivity contribution is -0.121. The summed E-state index contributed by atoms with van der Waals surface area (Å²) in [6.07, 6.45) is 1.67. The molecule has 0 aromatic heterocycles. The van der Waals surface area contributed by atoms with Crippen LogP contribution in [-0.4, -0.2) is 31.5 Å². The highest BCUT2D eigenvalue weighted by molar-refractivity contribution is 6.30. The summed E-state index contributed by atoms with van der Waals surface area (Å²) in [5.41, 5.74) is 1.59. The number of hydrogen-bond donors (Lipinski definition) is 2. The highest BCUT2D eigenvalue weighted by Crippen LogP contribution is 2.17. The Balaban J connectivity index is 1.64. The maximum absolute atomic E-state index is 12.2. The molecule has 6 heteroatoms. The van der Waals surface area contributed by atoms with E-state index in [1.165, 1.54) is 0 Å². The molecule has 5 nitrogen and oxygen atoms in total. The van der Waals surface area contributed by atoms with Gasteiger partial charge in [0, 0.05) is 24.5 Å². The van der Waals surface area contributed by atoms with Gasteiger partial charge < -0.3 is 15.4 Å². The Morgan fingerprint density at radius 3 is 2.63 bits per heavy atom. The zero-order valence-electron chi connectivity index (χ0n) is 15.5. The fourth-order valence-electron chi connectivity index (χ4n) is 2.61. The minimum Gasteiger partial charge on any atom is -0.493 e. The molecule has 0 aliphatic carbocycles. The summed E-state index contributed by atoms with van der Waals surface area (Å²) in [5, 5.41) is 6.40. The Morgan fingerprint density at radius 2 is 1.85 bits per heavy atom. The van der Waals surface area contributed by atoms with Gasteiger partial charge >= 0.3 is 0 Å². The van der Waals surface area contributed by atoms with Gasteiger partial charge in [0.2, 0.25) is 5.91 Å². The van der Waals surface area contributed by atoms with Gasteiger partial charge in [0.25, 0.3) is 5.91 Å². The van der Waals surface area contributed by atoms with Gasteiger partial charge in [-0.1, -0.05) is 35.9 Å². The Morgan fingerprint density at radius 1 is 1.04 bits per heavy atom. The van der Waals surface area contributed by atoms with Crippen molar-refractivity contribution in [2.45, 2.75) is 26.2 Å². The average Bonchev–Trinajstić information content (AvgIpc) is 2.66. The van der Waals surface area contributed by atoms with E-state index in [1.807, 2.05) is 37.3 Å². The second-order valence-electron chi connectivity index (χ2n) is 6.02. The van der Waals surface area contributed by atoms with Crippen LogP contribution in [-0.2, 0) is 11.2 Å². The number of carbonyl (C=O) groups excluding carboxylic acids is 2. The molecule has 2 N–H and O–H groups in total. The standard InChI is InChI=1S/C21H25ClN2O3/c1-2-27-19-10-4-3-9-18(19)21(26)24-13-6-11-20(25)23-14-12-16-7-5-8-17(22)15-16/h3-5,7-10,15H,2,6,11-14H2,1H3,(H,23,25)(H,24,26). The number of para-hydroxylation sites is 1. The van der Waals surface area contributed by atoms with E-state index in [0.29, 0.717) is 48.9 Å². The van der Waals surface area contributed by atoms with E-state index < -0.39 is 0 Å². The monoisotopic (exact) mass is 388 g/mol. The van der Waals surface area contributed by atoms with Gasteiger partial charge in [-0.05, 0) is 49.6 Å². The van der Waals surface area contributed by atoms with Crippen molar-refractivity contribution in [2.75, 3.05) is 19.7 Å². The predicted octanol–water partition coefficient (Wildman–Crippen LogP) is 3.61. The van der Waals surface area contributed by atoms with E-state index in [0.717, 1.165) is 12.0 Å². The summed E-state index contributed by atoms with van der Waals surface area (Å²) in [6, 6.07) is 14.7. The van der Waals surface area contributed by atoms with Gasteiger partial charge in [0.1, 0.15) is 5.75 Å². The summed E-state index contributed by atoms with van der Waals surface area (Å²) in [5.74, 6) is 0.345. The van der Waals surface area contributed by atoms with Gasteiger partial charge in [0.15, 0.2) is 0 Å². The number of amides is 2. The van der Waals surface area contributed by atoms with Crippen molar-refractivity contribution in [1.29, 1.82) is 0 Å². The Bertz CT molecular complexity index is 765. The summed E-state index contributed by atoms with van der Waals surface area (Å²) in [4.78, 5) is 24.1. The van der Waals surface area contributed by atoms with Crippen LogP contribution in [0.5, 0.6) is 5.75 Å². The Labute approximate surface area is 165 Å². The second kappa shape index (κ2) is 11.2. The van der Waals surface area contributed by atoms with E-state index >= 15 is 0 Å². The van der Waals surface area contributed by atoms with E-state index in [9.17, 15) is 9.59 Å². The van der Waals surface area contributed by atoms with Crippen LogP contribution in [0.1, 0.15) is 35.7 Å². The lowest BCUT2D eigenvalue weighted by Gasteiger charge is -2.10. The molecule has 0 saturated carbocycles. The van der Waals surface area contributed by atoms with Crippen molar-refractivity contribution in [3.8, 4) is 5.75 Å². The third-order valence-corrected chi connectivity index (χ3v) is 4.16. The number of hydrogen-bond acceptors (Lipinski definition) is 3. The molecule has 2 amide bonds. The molecule has 0 aliphatic heterocycles. The molecule has 27 heavy (non-hydrogen) atoms. The highest BCUT2D eigenvalue weighted by Gasteiger charge is 2.11. The molecule has 2 rings (SSSR count). The fourth-order valence-corrected chi connectivity index (χ4v) is 2.82. The molecular weight excluding hydrogens is 364 g/mol. The summed E-state index contributed by atoms with van der Waals surface area (Å²) >= 11 is 5.94. The first-order valence-electron chi connectivity index (χ1n) is 9.11. The molecule has 0 aliphatic rings. The molecule has 0 atom stereocenters. The number of halogens is 1. The van der Waals surface area contributed by atoms with Crippen LogP contribution in [0.3, 0.4) is 0 Å². The van der Waals surface area contributed by atoms with Crippen LogP contribution in [0.15, 0.2) is 48.5 Å². The quantitative estimate of drug-likeness (QED) is 0.611. The summed E-state index contributed by atoms with van der Waals surface area (Å²) in [6.45, 7) is 3.37. The van der Waals surface area contributed by atoms with Crippen molar-refractivity contribution >= 4 is 23.4 Å². The minimum atomic E-state index is -0.194. The molecule has 0 spiro atoms. The predicted molar refractivity (Wildman–Crippen MR) is 107 cm³/mol. The maximum Gasteiger partial charge on any atom is 0.255 e. The highest BCUT2D eigenvalue weighted by atomic mass is 35.5.